The van der Waals surface area contributed by atoms with Crippen molar-refractivity contribution in [3.05, 3.63) is 41.7 Å². The largest absolute Gasteiger partial charge is 0.370 e. The maximum atomic E-state index is 13.9. The van der Waals surface area contributed by atoms with Gasteiger partial charge < -0.3 is 10.2 Å². The van der Waals surface area contributed by atoms with E-state index in [0.717, 1.165) is 56.8 Å². The van der Waals surface area contributed by atoms with Crippen molar-refractivity contribution in [3.8, 4) is 0 Å². The number of nitrogens with zero attached hydrogens (tertiary/aromatic N) is 1. The van der Waals surface area contributed by atoms with E-state index in [4.69, 9.17) is 0 Å². The molecule has 1 aromatic carbocycles. The van der Waals surface area contributed by atoms with Crippen molar-refractivity contribution in [2.75, 3.05) is 31.1 Å². The first kappa shape index (κ1) is 14.0. The average Bonchev–Trinajstić information content (AvgIpc) is 3.24. The van der Waals surface area contributed by atoms with Gasteiger partial charge in [0, 0.05) is 24.2 Å². The molecular formula is C20H25FN2. The summed E-state index contributed by atoms with van der Waals surface area (Å²) in [5.41, 5.74) is 2.76. The molecule has 0 unspecified atom stereocenters. The lowest BCUT2D eigenvalue weighted by Gasteiger charge is -2.35. The second-order valence-electron chi connectivity index (χ2n) is 8.11. The van der Waals surface area contributed by atoms with Gasteiger partial charge in [-0.15, -0.1) is 0 Å². The van der Waals surface area contributed by atoms with Crippen LogP contribution < -0.4 is 10.2 Å². The first-order valence-electron chi connectivity index (χ1n) is 9.18. The summed E-state index contributed by atoms with van der Waals surface area (Å²) < 4.78 is 13.9. The van der Waals surface area contributed by atoms with Crippen LogP contribution in [0.25, 0.3) is 0 Å². The minimum atomic E-state index is -0.0774. The summed E-state index contributed by atoms with van der Waals surface area (Å²) in [5.74, 6) is 2.33. The normalized spacial score (nSPS) is 33.6. The first-order valence-corrected chi connectivity index (χ1v) is 9.18. The highest BCUT2D eigenvalue weighted by Crippen LogP contribution is 2.49. The Morgan fingerprint density at radius 1 is 1.17 bits per heavy atom. The van der Waals surface area contributed by atoms with Crippen LogP contribution in [0, 0.1) is 23.6 Å². The minimum absolute atomic E-state index is 0.0774. The Balaban J connectivity index is 1.46. The molecule has 23 heavy (non-hydrogen) atoms. The zero-order chi connectivity index (χ0) is 15.4. The molecule has 3 atom stereocenters. The molecule has 0 aromatic heterocycles. The van der Waals surface area contributed by atoms with Crippen molar-refractivity contribution in [1.82, 2.24) is 5.32 Å². The van der Waals surface area contributed by atoms with Gasteiger partial charge >= 0.3 is 0 Å². The lowest BCUT2D eigenvalue weighted by Crippen LogP contribution is -2.44. The Morgan fingerprint density at radius 3 is 2.78 bits per heavy atom. The molecule has 2 aliphatic carbocycles. The van der Waals surface area contributed by atoms with Crippen LogP contribution in [-0.4, -0.2) is 26.2 Å². The molecule has 2 nitrogen and oxygen atoms in total. The van der Waals surface area contributed by atoms with Crippen LogP contribution in [0.15, 0.2) is 30.4 Å². The first-order chi connectivity index (χ1) is 11.2. The zero-order valence-corrected chi connectivity index (χ0v) is 13.6. The summed E-state index contributed by atoms with van der Waals surface area (Å²) in [5, 5.41) is 3.47. The third-order valence-corrected chi connectivity index (χ3v) is 6.80. The molecular weight excluding hydrogens is 287 g/mol. The maximum absolute atomic E-state index is 13.9. The van der Waals surface area contributed by atoms with Crippen molar-refractivity contribution >= 4 is 5.69 Å². The average molecular weight is 312 g/mol. The Hall–Kier alpha value is -1.35. The molecule has 1 spiro atoms. The molecule has 5 rings (SSSR count). The van der Waals surface area contributed by atoms with Gasteiger partial charge in [0.15, 0.2) is 0 Å². The minimum Gasteiger partial charge on any atom is -0.370 e. The van der Waals surface area contributed by atoms with Gasteiger partial charge in [0.2, 0.25) is 0 Å². The van der Waals surface area contributed by atoms with Crippen LogP contribution >= 0.6 is 0 Å². The van der Waals surface area contributed by atoms with Crippen LogP contribution in [0.2, 0.25) is 0 Å². The van der Waals surface area contributed by atoms with Gasteiger partial charge in [-0.3, -0.25) is 0 Å². The number of fused-ring (bicyclic) bond motifs is 4. The van der Waals surface area contributed by atoms with Crippen molar-refractivity contribution in [2.24, 2.45) is 17.8 Å². The molecule has 0 amide bonds. The van der Waals surface area contributed by atoms with E-state index in [9.17, 15) is 4.39 Å². The Morgan fingerprint density at radius 2 is 2.04 bits per heavy atom. The predicted octanol–water partition coefficient (Wildman–Crippen LogP) is 3.48. The smallest absolute Gasteiger partial charge is 0.123 e. The molecule has 2 heterocycles. The highest BCUT2D eigenvalue weighted by atomic mass is 19.1. The molecule has 4 aliphatic rings. The summed E-state index contributed by atoms with van der Waals surface area (Å²) in [6.07, 6.45) is 9.85. The van der Waals surface area contributed by atoms with Gasteiger partial charge in [-0.1, -0.05) is 12.2 Å². The number of allylic oxidation sites excluding steroid dienone is 2. The second kappa shape index (κ2) is 5.07. The standard InChI is InChI=1S/C20H25FN2/c21-17-3-4-19-18(11-17)20(5-7-22-8-6-20)13-23(19)12-16-10-14-1-2-15(16)9-14/h1-4,11,14-16,22H,5-10,12-13H2/t14-,15+,16+/m1/s1. The van der Waals surface area contributed by atoms with Gasteiger partial charge in [0.1, 0.15) is 5.82 Å². The fraction of sp³-hybridized carbons (Fsp3) is 0.600. The summed E-state index contributed by atoms with van der Waals surface area (Å²) >= 11 is 0. The van der Waals surface area contributed by atoms with Crippen LogP contribution in [-0.2, 0) is 5.41 Å². The van der Waals surface area contributed by atoms with Crippen molar-refractivity contribution in [1.29, 1.82) is 0 Å². The molecule has 1 saturated carbocycles. The van der Waals surface area contributed by atoms with E-state index in [0.29, 0.717) is 0 Å². The molecule has 2 bridgehead atoms. The van der Waals surface area contributed by atoms with Gasteiger partial charge in [0.25, 0.3) is 0 Å². The topological polar surface area (TPSA) is 15.3 Å². The Kier molecular flexibility index (Phi) is 3.09. The van der Waals surface area contributed by atoms with Crippen LogP contribution in [0.5, 0.6) is 0 Å². The molecule has 1 saturated heterocycles. The Labute approximate surface area is 137 Å². The maximum Gasteiger partial charge on any atom is 0.123 e. The number of piperidine rings is 1. The predicted molar refractivity (Wildman–Crippen MR) is 91.2 cm³/mol. The summed E-state index contributed by atoms with van der Waals surface area (Å²) in [7, 11) is 0. The summed E-state index contributed by atoms with van der Waals surface area (Å²) in [6, 6.07) is 5.50. The third-order valence-electron chi connectivity index (χ3n) is 6.80. The van der Waals surface area contributed by atoms with Crippen molar-refractivity contribution < 1.29 is 4.39 Å². The number of benzene rings is 1. The zero-order valence-electron chi connectivity index (χ0n) is 13.6. The highest BCUT2D eigenvalue weighted by Gasteiger charge is 2.45. The second-order valence-corrected chi connectivity index (χ2v) is 8.11. The van der Waals surface area contributed by atoms with Crippen molar-refractivity contribution in [2.45, 2.75) is 31.1 Å². The van der Waals surface area contributed by atoms with Crippen LogP contribution in [0.1, 0.15) is 31.2 Å². The van der Waals surface area contributed by atoms with E-state index in [1.54, 1.807) is 6.07 Å². The molecule has 122 valence electrons. The van der Waals surface area contributed by atoms with Crippen LogP contribution in [0.3, 0.4) is 0 Å². The molecule has 3 heteroatoms. The monoisotopic (exact) mass is 312 g/mol. The molecule has 1 aromatic rings. The van der Waals surface area contributed by atoms with E-state index in [1.165, 1.54) is 24.1 Å². The number of halogens is 1. The number of nitrogens with one attached hydrogen (secondary N) is 1. The van der Waals surface area contributed by atoms with E-state index >= 15 is 0 Å². The van der Waals surface area contributed by atoms with Crippen LogP contribution in [0.4, 0.5) is 10.1 Å². The number of rotatable bonds is 2. The van der Waals surface area contributed by atoms with Gasteiger partial charge in [-0.2, -0.15) is 0 Å². The quantitative estimate of drug-likeness (QED) is 0.841. The molecule has 1 N–H and O–H groups in total. The highest BCUT2D eigenvalue weighted by molar-refractivity contribution is 5.63. The lowest BCUT2D eigenvalue weighted by atomic mass is 9.75. The molecule has 2 aliphatic heterocycles. The van der Waals surface area contributed by atoms with E-state index in [1.807, 2.05) is 12.1 Å². The molecule has 0 radical (unpaired) electrons. The third kappa shape index (κ3) is 2.16. The number of anilines is 1. The van der Waals surface area contributed by atoms with Gasteiger partial charge in [0.05, 0.1) is 0 Å². The number of hydrogen-bond acceptors (Lipinski definition) is 2. The van der Waals surface area contributed by atoms with Crippen molar-refractivity contribution in [3.63, 3.8) is 0 Å². The SMILES string of the molecule is Fc1ccc2c(c1)C1(CCNCC1)CN2C[C@@H]1C[C@@H]2C=C[C@H]1C2. The van der Waals surface area contributed by atoms with E-state index in [-0.39, 0.29) is 11.2 Å². The lowest BCUT2D eigenvalue weighted by molar-refractivity contribution is 0.318. The van der Waals surface area contributed by atoms with E-state index in [2.05, 4.69) is 22.4 Å². The van der Waals surface area contributed by atoms with E-state index < -0.39 is 0 Å². The fourth-order valence-corrected chi connectivity index (χ4v) is 5.63. The summed E-state index contributed by atoms with van der Waals surface area (Å²) in [6.45, 7) is 4.35. The Bertz CT molecular complexity index is 647. The summed E-state index contributed by atoms with van der Waals surface area (Å²) in [4.78, 5) is 2.58. The molecule has 2 fully saturated rings. The van der Waals surface area contributed by atoms with Gasteiger partial charge in [-0.05, 0) is 80.3 Å². The van der Waals surface area contributed by atoms with Gasteiger partial charge in [-0.25, -0.2) is 4.39 Å². The fourth-order valence-electron chi connectivity index (χ4n) is 5.63. The number of hydrogen-bond donors (Lipinski definition) is 1.